The fraction of sp³-hybridized carbons (Fsp3) is 0.643. The van der Waals surface area contributed by atoms with Crippen molar-refractivity contribution in [2.45, 2.75) is 27.2 Å². The Morgan fingerprint density at radius 1 is 1.20 bits per heavy atom. The molecule has 0 amide bonds. The first-order valence-electron chi connectivity index (χ1n) is 7.04. The van der Waals surface area contributed by atoms with Gasteiger partial charge in [0.1, 0.15) is 11.6 Å². The number of nitrogens with zero attached hydrogens (tertiary/aromatic N) is 4. The Labute approximate surface area is 119 Å². The number of piperazine rings is 1. The van der Waals surface area contributed by atoms with Crippen LogP contribution in [0.2, 0.25) is 0 Å². The van der Waals surface area contributed by atoms with Crippen molar-refractivity contribution in [1.82, 2.24) is 14.9 Å². The summed E-state index contributed by atoms with van der Waals surface area (Å²) < 4.78 is 0. The lowest BCUT2D eigenvalue weighted by Gasteiger charge is -2.35. The van der Waals surface area contributed by atoms with E-state index in [4.69, 9.17) is 5.11 Å². The lowest BCUT2D eigenvalue weighted by Crippen LogP contribution is -2.48. The van der Waals surface area contributed by atoms with E-state index in [-0.39, 0.29) is 6.54 Å². The van der Waals surface area contributed by atoms with Gasteiger partial charge in [0.2, 0.25) is 0 Å². The minimum Gasteiger partial charge on any atom is -0.480 e. The number of carboxylic acid groups (broad SMARTS) is 1. The second-order valence-electron chi connectivity index (χ2n) is 5.18. The summed E-state index contributed by atoms with van der Waals surface area (Å²) in [5, 5.41) is 8.82. The van der Waals surface area contributed by atoms with Gasteiger partial charge in [-0.2, -0.15) is 0 Å². The summed E-state index contributed by atoms with van der Waals surface area (Å²) in [4.78, 5) is 24.0. The van der Waals surface area contributed by atoms with Gasteiger partial charge < -0.3 is 10.0 Å². The molecule has 0 spiro atoms. The molecule has 0 bridgehead atoms. The predicted octanol–water partition coefficient (Wildman–Crippen LogP) is 0.862. The fourth-order valence-electron chi connectivity index (χ4n) is 2.45. The van der Waals surface area contributed by atoms with Crippen molar-refractivity contribution in [2.24, 2.45) is 0 Å². The maximum atomic E-state index is 10.7. The highest BCUT2D eigenvalue weighted by atomic mass is 16.4. The maximum Gasteiger partial charge on any atom is 0.317 e. The number of carboxylic acids is 1. The van der Waals surface area contributed by atoms with Gasteiger partial charge in [0.15, 0.2) is 0 Å². The molecular weight excluding hydrogens is 256 g/mol. The molecule has 2 rings (SSSR count). The van der Waals surface area contributed by atoms with Crippen LogP contribution in [0, 0.1) is 13.8 Å². The van der Waals surface area contributed by atoms with Gasteiger partial charge in [-0.3, -0.25) is 9.69 Å². The molecule has 1 aromatic heterocycles. The Morgan fingerprint density at radius 2 is 1.85 bits per heavy atom. The van der Waals surface area contributed by atoms with Crippen molar-refractivity contribution < 1.29 is 9.90 Å². The summed E-state index contributed by atoms with van der Waals surface area (Å²) in [5.41, 5.74) is 2.15. The topological polar surface area (TPSA) is 69.6 Å². The zero-order valence-electron chi connectivity index (χ0n) is 12.4. The lowest BCUT2D eigenvalue weighted by molar-refractivity contribution is -0.138. The van der Waals surface area contributed by atoms with Gasteiger partial charge in [-0.25, -0.2) is 9.97 Å². The van der Waals surface area contributed by atoms with E-state index in [2.05, 4.69) is 21.8 Å². The number of aliphatic carboxylic acids is 1. The molecule has 1 aliphatic rings. The molecule has 20 heavy (non-hydrogen) atoms. The molecule has 0 saturated carbocycles. The van der Waals surface area contributed by atoms with E-state index in [0.29, 0.717) is 0 Å². The Kier molecular flexibility index (Phi) is 4.54. The van der Waals surface area contributed by atoms with Crippen molar-refractivity contribution in [3.05, 3.63) is 17.1 Å². The maximum absolute atomic E-state index is 10.7. The third-order valence-electron chi connectivity index (χ3n) is 3.76. The number of hydrogen-bond acceptors (Lipinski definition) is 5. The van der Waals surface area contributed by atoms with Crippen molar-refractivity contribution >= 4 is 11.8 Å². The highest BCUT2D eigenvalue weighted by Gasteiger charge is 2.21. The molecule has 1 aromatic rings. The summed E-state index contributed by atoms with van der Waals surface area (Å²) >= 11 is 0. The Bertz CT molecular complexity index is 496. The second kappa shape index (κ2) is 6.17. The molecule has 0 aromatic carbocycles. The Balaban J connectivity index is 2.10. The zero-order valence-corrected chi connectivity index (χ0v) is 12.4. The fourth-order valence-corrected chi connectivity index (χ4v) is 2.45. The minimum atomic E-state index is -0.763. The second-order valence-corrected chi connectivity index (χ2v) is 5.18. The van der Waals surface area contributed by atoms with Crippen LogP contribution in [0.25, 0.3) is 0 Å². The van der Waals surface area contributed by atoms with Crippen LogP contribution in [-0.4, -0.2) is 58.7 Å². The highest BCUT2D eigenvalue weighted by Crippen LogP contribution is 2.21. The SMILES string of the molecule is CCc1nc(C)c(C)c(N2CCN(CC(=O)O)CC2)n1. The highest BCUT2D eigenvalue weighted by molar-refractivity contribution is 5.69. The van der Waals surface area contributed by atoms with Gasteiger partial charge in [-0.05, 0) is 13.8 Å². The molecular formula is C14H22N4O2. The van der Waals surface area contributed by atoms with Crippen molar-refractivity contribution in [1.29, 1.82) is 0 Å². The van der Waals surface area contributed by atoms with Gasteiger partial charge in [0.05, 0.1) is 6.54 Å². The van der Waals surface area contributed by atoms with E-state index in [0.717, 1.165) is 55.5 Å². The summed E-state index contributed by atoms with van der Waals surface area (Å²) in [6, 6.07) is 0. The largest absolute Gasteiger partial charge is 0.480 e. The molecule has 1 fully saturated rings. The monoisotopic (exact) mass is 278 g/mol. The van der Waals surface area contributed by atoms with Crippen molar-refractivity contribution in [3.8, 4) is 0 Å². The first-order chi connectivity index (χ1) is 9.51. The number of carbonyl (C=O) groups is 1. The summed E-state index contributed by atoms with van der Waals surface area (Å²) in [6.45, 7) is 9.39. The number of rotatable bonds is 4. The number of aromatic nitrogens is 2. The summed E-state index contributed by atoms with van der Waals surface area (Å²) in [7, 11) is 0. The van der Waals surface area contributed by atoms with Crippen LogP contribution < -0.4 is 4.90 Å². The number of aryl methyl sites for hydroxylation is 2. The average Bonchev–Trinajstić information content (AvgIpc) is 2.42. The first kappa shape index (κ1) is 14.7. The van der Waals surface area contributed by atoms with Crippen molar-refractivity contribution in [3.63, 3.8) is 0 Å². The molecule has 1 N–H and O–H groups in total. The molecule has 0 atom stereocenters. The number of anilines is 1. The normalized spacial score (nSPS) is 16.4. The van der Waals surface area contributed by atoms with Crippen LogP contribution in [0.5, 0.6) is 0 Å². The predicted molar refractivity (Wildman–Crippen MR) is 77.2 cm³/mol. The van der Waals surface area contributed by atoms with Gasteiger partial charge in [-0.15, -0.1) is 0 Å². The van der Waals surface area contributed by atoms with E-state index >= 15 is 0 Å². The smallest absolute Gasteiger partial charge is 0.317 e. The molecule has 0 aliphatic carbocycles. The average molecular weight is 278 g/mol. The summed E-state index contributed by atoms with van der Waals surface area (Å²) in [5.74, 6) is 1.11. The van der Waals surface area contributed by atoms with Gasteiger partial charge in [0, 0.05) is 43.9 Å². The lowest BCUT2D eigenvalue weighted by atomic mass is 10.2. The van der Waals surface area contributed by atoms with Crippen LogP contribution in [0.15, 0.2) is 0 Å². The third-order valence-corrected chi connectivity index (χ3v) is 3.76. The van der Waals surface area contributed by atoms with Crippen LogP contribution in [-0.2, 0) is 11.2 Å². The van der Waals surface area contributed by atoms with E-state index in [1.54, 1.807) is 0 Å². The van der Waals surface area contributed by atoms with Gasteiger partial charge >= 0.3 is 5.97 Å². The van der Waals surface area contributed by atoms with Gasteiger partial charge in [0.25, 0.3) is 0 Å². The molecule has 2 heterocycles. The van der Waals surface area contributed by atoms with Crippen molar-refractivity contribution in [2.75, 3.05) is 37.6 Å². The standard InChI is InChI=1S/C14H22N4O2/c1-4-12-15-11(3)10(2)14(16-12)18-7-5-17(6-8-18)9-13(19)20/h4-9H2,1-3H3,(H,19,20). The van der Waals surface area contributed by atoms with E-state index in [1.807, 2.05) is 18.7 Å². The third kappa shape index (κ3) is 3.25. The Hall–Kier alpha value is -1.69. The molecule has 0 unspecified atom stereocenters. The zero-order chi connectivity index (χ0) is 14.7. The van der Waals surface area contributed by atoms with E-state index < -0.39 is 5.97 Å². The van der Waals surface area contributed by atoms with Gasteiger partial charge in [-0.1, -0.05) is 6.92 Å². The number of hydrogen-bond donors (Lipinski definition) is 1. The van der Waals surface area contributed by atoms with Crippen LogP contribution in [0.1, 0.15) is 24.0 Å². The van der Waals surface area contributed by atoms with Crippen LogP contribution in [0.4, 0.5) is 5.82 Å². The van der Waals surface area contributed by atoms with E-state index in [1.165, 1.54) is 0 Å². The van der Waals surface area contributed by atoms with Crippen LogP contribution in [0.3, 0.4) is 0 Å². The molecule has 110 valence electrons. The first-order valence-corrected chi connectivity index (χ1v) is 7.04. The molecule has 1 saturated heterocycles. The minimum absolute atomic E-state index is 0.121. The molecule has 6 heteroatoms. The summed E-state index contributed by atoms with van der Waals surface area (Å²) in [6.07, 6.45) is 0.826. The quantitative estimate of drug-likeness (QED) is 0.881. The molecule has 1 aliphatic heterocycles. The van der Waals surface area contributed by atoms with Crippen LogP contribution >= 0.6 is 0 Å². The van der Waals surface area contributed by atoms with E-state index in [9.17, 15) is 4.79 Å². The molecule has 6 nitrogen and oxygen atoms in total. The Morgan fingerprint density at radius 3 is 2.40 bits per heavy atom. The molecule has 0 radical (unpaired) electrons.